The minimum atomic E-state index is -4.19. The standard InChI is InChI=1S/C24H29N3O7S/c1-2-33-15-5-14-25-22(28)17-8-11-20(12-9-17)35(31,32)27-23(29)18-10-13-21(26-16-18)24(30)34-19-6-3-4-7-19/h8-13,16,19H,2-7,14-15H2,1H3,(H,25,28)(H,27,29). The van der Waals surface area contributed by atoms with E-state index in [1.807, 2.05) is 11.6 Å². The summed E-state index contributed by atoms with van der Waals surface area (Å²) in [5.74, 6) is -1.81. The van der Waals surface area contributed by atoms with Gasteiger partial charge in [0.15, 0.2) is 0 Å². The number of aromatic nitrogens is 1. The molecule has 1 aromatic heterocycles. The van der Waals surface area contributed by atoms with Gasteiger partial charge in [-0.05, 0) is 75.4 Å². The Morgan fingerprint density at radius 2 is 1.69 bits per heavy atom. The normalized spacial score (nSPS) is 13.9. The fourth-order valence-corrected chi connectivity index (χ4v) is 4.49. The van der Waals surface area contributed by atoms with Crippen molar-refractivity contribution in [2.45, 2.75) is 50.0 Å². The summed E-state index contributed by atoms with van der Waals surface area (Å²) in [4.78, 5) is 40.5. The molecule has 0 saturated heterocycles. The van der Waals surface area contributed by atoms with Gasteiger partial charge < -0.3 is 14.8 Å². The Bertz CT molecular complexity index is 1130. The predicted octanol–water partition coefficient (Wildman–Crippen LogP) is 2.46. The number of esters is 1. The van der Waals surface area contributed by atoms with Gasteiger partial charge >= 0.3 is 5.97 Å². The molecule has 11 heteroatoms. The molecule has 0 unspecified atom stereocenters. The molecule has 0 bridgehead atoms. The monoisotopic (exact) mass is 503 g/mol. The summed E-state index contributed by atoms with van der Waals surface area (Å²) in [6.45, 7) is 3.47. The van der Waals surface area contributed by atoms with Crippen LogP contribution >= 0.6 is 0 Å². The van der Waals surface area contributed by atoms with Crippen molar-refractivity contribution in [1.82, 2.24) is 15.0 Å². The van der Waals surface area contributed by atoms with Crippen LogP contribution in [0.1, 0.15) is 70.2 Å². The summed E-state index contributed by atoms with van der Waals surface area (Å²) in [5, 5.41) is 2.72. The zero-order chi connectivity index (χ0) is 25.3. The van der Waals surface area contributed by atoms with Gasteiger partial charge in [-0.3, -0.25) is 9.59 Å². The van der Waals surface area contributed by atoms with E-state index in [0.29, 0.717) is 26.2 Å². The number of hydrogen-bond acceptors (Lipinski definition) is 8. The third-order valence-corrected chi connectivity index (χ3v) is 6.77. The van der Waals surface area contributed by atoms with Gasteiger partial charge in [0.25, 0.3) is 21.8 Å². The first kappa shape index (κ1) is 26.3. The summed E-state index contributed by atoms with van der Waals surface area (Å²) in [6, 6.07) is 7.84. The van der Waals surface area contributed by atoms with E-state index in [-0.39, 0.29) is 33.7 Å². The number of carbonyl (C=O) groups is 3. The molecule has 3 rings (SSSR count). The van der Waals surface area contributed by atoms with Crippen molar-refractivity contribution in [2.75, 3.05) is 19.8 Å². The Morgan fingerprint density at radius 3 is 2.31 bits per heavy atom. The maximum atomic E-state index is 12.6. The van der Waals surface area contributed by atoms with Crippen LogP contribution in [-0.4, -0.2) is 57.0 Å². The summed E-state index contributed by atoms with van der Waals surface area (Å²) >= 11 is 0. The van der Waals surface area contributed by atoms with Gasteiger partial charge in [0.1, 0.15) is 11.8 Å². The number of sulfonamides is 1. The molecule has 0 spiro atoms. The molecule has 2 aromatic rings. The van der Waals surface area contributed by atoms with Gasteiger partial charge in [0, 0.05) is 31.5 Å². The molecule has 1 aliphatic carbocycles. The number of nitrogens with one attached hydrogen (secondary N) is 2. The lowest BCUT2D eigenvalue weighted by Gasteiger charge is -2.11. The zero-order valence-electron chi connectivity index (χ0n) is 19.5. The molecule has 1 fully saturated rings. The molecule has 0 radical (unpaired) electrons. The highest BCUT2D eigenvalue weighted by Crippen LogP contribution is 2.22. The van der Waals surface area contributed by atoms with Crippen molar-refractivity contribution in [2.24, 2.45) is 0 Å². The lowest BCUT2D eigenvalue weighted by atomic mass is 10.2. The zero-order valence-corrected chi connectivity index (χ0v) is 20.3. The molecule has 2 amide bonds. The fourth-order valence-electron chi connectivity index (χ4n) is 3.51. The van der Waals surface area contributed by atoms with Crippen LogP contribution < -0.4 is 10.0 Å². The average molecular weight is 504 g/mol. The molecule has 1 aliphatic rings. The molecular weight excluding hydrogens is 474 g/mol. The maximum Gasteiger partial charge on any atom is 0.357 e. The molecule has 0 atom stereocenters. The molecule has 188 valence electrons. The van der Waals surface area contributed by atoms with Crippen LogP contribution in [0.3, 0.4) is 0 Å². The van der Waals surface area contributed by atoms with Gasteiger partial charge in [-0.15, -0.1) is 0 Å². The highest BCUT2D eigenvalue weighted by molar-refractivity contribution is 7.90. The number of amides is 2. The van der Waals surface area contributed by atoms with Crippen molar-refractivity contribution >= 4 is 27.8 Å². The van der Waals surface area contributed by atoms with E-state index in [1.54, 1.807) is 0 Å². The summed E-state index contributed by atoms with van der Waals surface area (Å²) in [5.41, 5.74) is 0.299. The summed E-state index contributed by atoms with van der Waals surface area (Å²) < 4.78 is 37.7. The van der Waals surface area contributed by atoms with Crippen molar-refractivity contribution in [3.8, 4) is 0 Å². The van der Waals surface area contributed by atoms with Gasteiger partial charge in [0.05, 0.1) is 10.5 Å². The van der Waals surface area contributed by atoms with E-state index >= 15 is 0 Å². The lowest BCUT2D eigenvalue weighted by molar-refractivity contribution is 0.0310. The highest BCUT2D eigenvalue weighted by Gasteiger charge is 2.22. The Morgan fingerprint density at radius 1 is 1.00 bits per heavy atom. The number of ether oxygens (including phenoxy) is 2. The predicted molar refractivity (Wildman–Crippen MR) is 126 cm³/mol. The first-order valence-electron chi connectivity index (χ1n) is 11.5. The van der Waals surface area contributed by atoms with E-state index in [2.05, 4.69) is 10.3 Å². The fraction of sp³-hybridized carbons (Fsp3) is 0.417. The van der Waals surface area contributed by atoms with Crippen LogP contribution in [0, 0.1) is 0 Å². The van der Waals surface area contributed by atoms with Crippen LogP contribution in [-0.2, 0) is 19.5 Å². The molecule has 1 heterocycles. The average Bonchev–Trinajstić information content (AvgIpc) is 3.36. The van der Waals surface area contributed by atoms with Crippen molar-refractivity contribution in [1.29, 1.82) is 0 Å². The Hall–Kier alpha value is -3.31. The van der Waals surface area contributed by atoms with Gasteiger partial charge in [-0.1, -0.05) is 0 Å². The number of hydrogen-bond donors (Lipinski definition) is 2. The van der Waals surface area contributed by atoms with E-state index in [9.17, 15) is 22.8 Å². The molecule has 1 saturated carbocycles. The van der Waals surface area contributed by atoms with Crippen LogP contribution in [0.4, 0.5) is 0 Å². The van der Waals surface area contributed by atoms with Gasteiger partial charge in [-0.25, -0.2) is 22.9 Å². The molecule has 2 N–H and O–H groups in total. The van der Waals surface area contributed by atoms with E-state index in [1.165, 1.54) is 36.4 Å². The SMILES string of the molecule is CCOCCCNC(=O)c1ccc(S(=O)(=O)NC(=O)c2ccc(C(=O)OC3CCCC3)nc2)cc1. The van der Waals surface area contributed by atoms with Gasteiger partial charge in [0.2, 0.25) is 0 Å². The van der Waals surface area contributed by atoms with Crippen LogP contribution in [0.5, 0.6) is 0 Å². The third-order valence-electron chi connectivity index (χ3n) is 5.42. The second-order valence-electron chi connectivity index (χ2n) is 8.01. The van der Waals surface area contributed by atoms with Gasteiger partial charge in [-0.2, -0.15) is 0 Å². The molecule has 10 nitrogen and oxygen atoms in total. The number of rotatable bonds is 11. The highest BCUT2D eigenvalue weighted by atomic mass is 32.2. The molecule has 35 heavy (non-hydrogen) atoms. The van der Waals surface area contributed by atoms with E-state index < -0.39 is 21.9 Å². The second kappa shape index (κ2) is 12.4. The Balaban J connectivity index is 1.55. The molecule has 0 aliphatic heterocycles. The van der Waals surface area contributed by atoms with E-state index in [0.717, 1.165) is 31.9 Å². The smallest absolute Gasteiger partial charge is 0.357 e. The minimum absolute atomic E-state index is 0.0333. The van der Waals surface area contributed by atoms with Crippen LogP contribution in [0.2, 0.25) is 0 Å². The number of nitrogens with zero attached hydrogens (tertiary/aromatic N) is 1. The maximum absolute atomic E-state index is 12.6. The Kier molecular flexibility index (Phi) is 9.32. The molecular formula is C24H29N3O7S. The van der Waals surface area contributed by atoms with Crippen molar-refractivity contribution < 1.29 is 32.3 Å². The number of pyridine rings is 1. The van der Waals surface area contributed by atoms with Crippen LogP contribution in [0.25, 0.3) is 0 Å². The summed E-state index contributed by atoms with van der Waals surface area (Å²) in [6.07, 6.45) is 5.35. The topological polar surface area (TPSA) is 141 Å². The van der Waals surface area contributed by atoms with Crippen LogP contribution in [0.15, 0.2) is 47.5 Å². The minimum Gasteiger partial charge on any atom is -0.458 e. The number of carbonyl (C=O) groups excluding carboxylic acids is 3. The van der Waals surface area contributed by atoms with Crippen molar-refractivity contribution in [3.05, 3.63) is 59.4 Å². The lowest BCUT2D eigenvalue weighted by Crippen LogP contribution is -2.31. The quantitative estimate of drug-likeness (QED) is 0.352. The summed E-state index contributed by atoms with van der Waals surface area (Å²) in [7, 11) is -4.19. The van der Waals surface area contributed by atoms with E-state index in [4.69, 9.17) is 9.47 Å². The molecule has 1 aromatic carbocycles. The first-order valence-corrected chi connectivity index (χ1v) is 13.0. The second-order valence-corrected chi connectivity index (χ2v) is 9.69. The third kappa shape index (κ3) is 7.59. The largest absolute Gasteiger partial charge is 0.458 e. The first-order chi connectivity index (χ1) is 16.8. The van der Waals surface area contributed by atoms with Crippen molar-refractivity contribution in [3.63, 3.8) is 0 Å². The number of benzene rings is 1. The Labute approximate surface area is 204 Å².